The fourth-order valence-corrected chi connectivity index (χ4v) is 3.41. The lowest BCUT2D eigenvalue weighted by atomic mass is 9.91. The second kappa shape index (κ2) is 8.52. The van der Waals surface area contributed by atoms with E-state index >= 15 is 0 Å². The first kappa shape index (κ1) is 16.5. The molecule has 2 atom stereocenters. The van der Waals surface area contributed by atoms with E-state index in [4.69, 9.17) is 0 Å². The summed E-state index contributed by atoms with van der Waals surface area (Å²) in [4.78, 5) is 4.53. The lowest BCUT2D eigenvalue weighted by Gasteiger charge is -2.26. The highest BCUT2D eigenvalue weighted by Crippen LogP contribution is 2.26. The van der Waals surface area contributed by atoms with Crippen molar-refractivity contribution in [3.8, 4) is 0 Å². The average molecular weight is 292 g/mol. The molecular formula is C17H32N4. The summed E-state index contributed by atoms with van der Waals surface area (Å²) >= 11 is 0. The molecule has 21 heavy (non-hydrogen) atoms. The molecule has 0 aliphatic heterocycles. The second-order valence-electron chi connectivity index (χ2n) is 6.92. The van der Waals surface area contributed by atoms with Gasteiger partial charge in [-0.15, -0.1) is 0 Å². The maximum atomic E-state index is 4.53. The molecule has 0 aromatic carbocycles. The quantitative estimate of drug-likeness (QED) is 0.783. The van der Waals surface area contributed by atoms with Crippen LogP contribution in [-0.4, -0.2) is 27.4 Å². The van der Waals surface area contributed by atoms with Gasteiger partial charge < -0.3 is 5.32 Å². The van der Waals surface area contributed by atoms with Gasteiger partial charge in [0.1, 0.15) is 12.2 Å². The molecule has 0 spiro atoms. The number of nitrogens with zero attached hydrogens (tertiary/aromatic N) is 3. The first-order valence-corrected chi connectivity index (χ1v) is 8.80. The third-order valence-corrected chi connectivity index (χ3v) is 4.49. The summed E-state index contributed by atoms with van der Waals surface area (Å²) in [6.45, 7) is 8.85. The Hall–Kier alpha value is -0.900. The highest BCUT2D eigenvalue weighted by molar-refractivity contribution is 4.92. The smallest absolute Gasteiger partial charge is 0.138 e. The normalized spacial score (nSPS) is 23.4. The molecule has 1 aromatic heterocycles. The Morgan fingerprint density at radius 3 is 2.86 bits per heavy atom. The van der Waals surface area contributed by atoms with Gasteiger partial charge >= 0.3 is 0 Å². The predicted octanol–water partition coefficient (Wildman–Crippen LogP) is 3.43. The van der Waals surface area contributed by atoms with Gasteiger partial charge in [0.25, 0.3) is 0 Å². The van der Waals surface area contributed by atoms with E-state index in [0.717, 1.165) is 19.5 Å². The molecule has 1 aliphatic carbocycles. The van der Waals surface area contributed by atoms with Crippen LogP contribution in [0.4, 0.5) is 0 Å². The van der Waals surface area contributed by atoms with Crippen molar-refractivity contribution in [3.05, 3.63) is 12.2 Å². The molecule has 0 bridgehead atoms. The molecule has 2 rings (SSSR count). The molecule has 1 aliphatic rings. The van der Waals surface area contributed by atoms with Crippen molar-refractivity contribution in [2.75, 3.05) is 6.54 Å². The van der Waals surface area contributed by atoms with Crippen LogP contribution in [0.5, 0.6) is 0 Å². The van der Waals surface area contributed by atoms with E-state index in [1.54, 1.807) is 6.33 Å². The topological polar surface area (TPSA) is 42.7 Å². The van der Waals surface area contributed by atoms with Gasteiger partial charge in [0.2, 0.25) is 0 Å². The van der Waals surface area contributed by atoms with Crippen molar-refractivity contribution in [2.45, 2.75) is 78.3 Å². The number of rotatable bonds is 7. The zero-order valence-corrected chi connectivity index (χ0v) is 14.0. The highest BCUT2D eigenvalue weighted by Gasteiger charge is 2.25. The van der Waals surface area contributed by atoms with E-state index < -0.39 is 0 Å². The second-order valence-corrected chi connectivity index (χ2v) is 6.92. The number of nitrogens with one attached hydrogen (secondary N) is 1. The zero-order chi connectivity index (χ0) is 15.1. The summed E-state index contributed by atoms with van der Waals surface area (Å²) in [5, 5.41) is 8.19. The van der Waals surface area contributed by atoms with E-state index in [-0.39, 0.29) is 0 Å². The zero-order valence-electron chi connectivity index (χ0n) is 14.0. The number of aromatic nitrogens is 3. The van der Waals surface area contributed by atoms with E-state index in [2.05, 4.69) is 40.9 Å². The average Bonchev–Trinajstić information content (AvgIpc) is 2.74. The van der Waals surface area contributed by atoms with Crippen LogP contribution >= 0.6 is 0 Å². The van der Waals surface area contributed by atoms with Crippen LogP contribution in [-0.2, 0) is 13.0 Å². The van der Waals surface area contributed by atoms with Crippen LogP contribution < -0.4 is 5.32 Å². The summed E-state index contributed by atoms with van der Waals surface area (Å²) in [5.74, 6) is 2.52. The van der Waals surface area contributed by atoms with Gasteiger partial charge in [-0.05, 0) is 37.6 Å². The van der Waals surface area contributed by atoms with Crippen LogP contribution in [0.1, 0.15) is 65.1 Å². The summed E-state index contributed by atoms with van der Waals surface area (Å²) < 4.78 is 2.12. The van der Waals surface area contributed by atoms with Crippen LogP contribution in [0.15, 0.2) is 6.33 Å². The van der Waals surface area contributed by atoms with Gasteiger partial charge in [0.15, 0.2) is 0 Å². The summed E-state index contributed by atoms with van der Waals surface area (Å²) in [6, 6.07) is 0.664. The van der Waals surface area contributed by atoms with Crippen LogP contribution in [0.2, 0.25) is 0 Å². The lowest BCUT2D eigenvalue weighted by Crippen LogP contribution is -2.37. The maximum absolute atomic E-state index is 4.53. The first-order valence-electron chi connectivity index (χ1n) is 8.80. The van der Waals surface area contributed by atoms with Crippen LogP contribution in [0, 0.1) is 11.8 Å². The van der Waals surface area contributed by atoms with Crippen molar-refractivity contribution >= 4 is 0 Å². The Balaban J connectivity index is 2.01. The lowest BCUT2D eigenvalue weighted by molar-refractivity contribution is 0.320. The number of hydrogen-bond donors (Lipinski definition) is 1. The van der Waals surface area contributed by atoms with Crippen molar-refractivity contribution in [1.82, 2.24) is 20.1 Å². The van der Waals surface area contributed by atoms with Gasteiger partial charge in [-0.25, -0.2) is 9.67 Å². The van der Waals surface area contributed by atoms with Crippen molar-refractivity contribution in [1.29, 1.82) is 0 Å². The van der Waals surface area contributed by atoms with Gasteiger partial charge in [-0.2, -0.15) is 5.10 Å². The molecule has 4 nitrogen and oxygen atoms in total. The monoisotopic (exact) mass is 292 g/mol. The SMILES string of the molecule is CCCNC1CCCCCC1Cc1ncnn1CC(C)C. The Kier molecular flexibility index (Phi) is 6.68. The molecule has 1 N–H and O–H groups in total. The predicted molar refractivity (Wildman–Crippen MR) is 87.2 cm³/mol. The van der Waals surface area contributed by atoms with Gasteiger partial charge in [-0.1, -0.05) is 40.0 Å². The van der Waals surface area contributed by atoms with Crippen molar-refractivity contribution < 1.29 is 0 Å². The molecular weight excluding hydrogens is 260 g/mol. The Morgan fingerprint density at radius 2 is 2.10 bits per heavy atom. The Morgan fingerprint density at radius 1 is 1.29 bits per heavy atom. The van der Waals surface area contributed by atoms with Crippen LogP contribution in [0.3, 0.4) is 0 Å². The summed E-state index contributed by atoms with van der Waals surface area (Å²) in [5.41, 5.74) is 0. The molecule has 1 fully saturated rings. The molecule has 120 valence electrons. The fraction of sp³-hybridized carbons (Fsp3) is 0.882. The minimum Gasteiger partial charge on any atom is -0.314 e. The Labute approximate surface area is 129 Å². The van der Waals surface area contributed by atoms with E-state index in [9.17, 15) is 0 Å². The summed E-state index contributed by atoms with van der Waals surface area (Å²) in [6.07, 6.45) is 10.8. The third-order valence-electron chi connectivity index (χ3n) is 4.49. The fourth-order valence-electron chi connectivity index (χ4n) is 3.41. The minimum absolute atomic E-state index is 0.619. The molecule has 0 amide bonds. The maximum Gasteiger partial charge on any atom is 0.138 e. The highest BCUT2D eigenvalue weighted by atomic mass is 15.3. The molecule has 0 saturated heterocycles. The largest absolute Gasteiger partial charge is 0.314 e. The minimum atomic E-state index is 0.619. The summed E-state index contributed by atoms with van der Waals surface area (Å²) in [7, 11) is 0. The molecule has 1 aromatic rings. The molecule has 1 saturated carbocycles. The van der Waals surface area contributed by atoms with Crippen molar-refractivity contribution in [2.24, 2.45) is 11.8 Å². The first-order chi connectivity index (χ1) is 10.2. The van der Waals surface area contributed by atoms with Crippen molar-refractivity contribution in [3.63, 3.8) is 0 Å². The van der Waals surface area contributed by atoms with E-state index in [0.29, 0.717) is 17.9 Å². The van der Waals surface area contributed by atoms with Gasteiger partial charge in [-0.3, -0.25) is 0 Å². The standard InChI is InChI=1S/C17H32N4/c1-4-10-18-16-9-7-5-6-8-15(16)11-17-19-13-20-21(17)12-14(2)3/h13-16,18H,4-12H2,1-3H3. The van der Waals surface area contributed by atoms with E-state index in [1.165, 1.54) is 44.3 Å². The molecule has 4 heteroatoms. The van der Waals surface area contributed by atoms with E-state index in [1.807, 2.05) is 0 Å². The number of hydrogen-bond acceptors (Lipinski definition) is 3. The van der Waals surface area contributed by atoms with Crippen LogP contribution in [0.25, 0.3) is 0 Å². The molecule has 0 radical (unpaired) electrons. The Bertz CT molecular complexity index is 399. The van der Waals surface area contributed by atoms with Gasteiger partial charge in [0, 0.05) is 19.0 Å². The third kappa shape index (κ3) is 5.10. The molecule has 2 unspecified atom stereocenters. The van der Waals surface area contributed by atoms with Gasteiger partial charge in [0.05, 0.1) is 0 Å². The molecule has 1 heterocycles.